The number of carbonyl (C=O) groups excluding carboxylic acids is 1. The van der Waals surface area contributed by atoms with Gasteiger partial charge in [-0.25, -0.2) is 4.79 Å². The zero-order chi connectivity index (χ0) is 13.1. The summed E-state index contributed by atoms with van der Waals surface area (Å²) >= 11 is 0. The molecule has 1 unspecified atom stereocenters. The second-order valence-corrected chi connectivity index (χ2v) is 4.16. The molecule has 5 heteroatoms. The lowest BCUT2D eigenvalue weighted by atomic mass is 10.0. The van der Waals surface area contributed by atoms with Crippen LogP contribution in [-0.4, -0.2) is 23.6 Å². The molecule has 0 saturated carbocycles. The molecular formula is C13H15NO4. The molecule has 0 radical (unpaired) electrons. The minimum absolute atomic E-state index is 0.262. The van der Waals surface area contributed by atoms with E-state index >= 15 is 0 Å². The molecule has 2 rings (SSSR count). The van der Waals surface area contributed by atoms with Crippen molar-refractivity contribution in [2.24, 2.45) is 0 Å². The number of benzene rings is 1. The third-order valence-electron chi connectivity index (χ3n) is 2.92. The number of carboxylic acid groups (broad SMARTS) is 1. The van der Waals surface area contributed by atoms with Crippen LogP contribution in [0.15, 0.2) is 18.2 Å². The summed E-state index contributed by atoms with van der Waals surface area (Å²) in [5, 5.41) is 11.7. The van der Waals surface area contributed by atoms with E-state index in [-0.39, 0.29) is 12.3 Å². The standard InChI is InChI=1S/C13H15NO4/c1-2-11(15)14-12(13(16)17)9-3-4-10-8(7-9)5-6-18-10/h3-4,7,12H,2,5-6H2,1H3,(H,14,15)(H,16,17). The van der Waals surface area contributed by atoms with Crippen LogP contribution in [0, 0.1) is 0 Å². The van der Waals surface area contributed by atoms with Gasteiger partial charge in [-0.15, -0.1) is 0 Å². The van der Waals surface area contributed by atoms with Crippen molar-refractivity contribution in [3.8, 4) is 5.75 Å². The van der Waals surface area contributed by atoms with Gasteiger partial charge in [-0.3, -0.25) is 4.79 Å². The van der Waals surface area contributed by atoms with Gasteiger partial charge >= 0.3 is 5.97 Å². The minimum Gasteiger partial charge on any atom is -0.493 e. The summed E-state index contributed by atoms with van der Waals surface area (Å²) in [4.78, 5) is 22.5. The van der Waals surface area contributed by atoms with Gasteiger partial charge in [0.05, 0.1) is 6.61 Å². The summed E-state index contributed by atoms with van der Waals surface area (Å²) in [6.45, 7) is 2.31. The van der Waals surface area contributed by atoms with E-state index in [4.69, 9.17) is 4.74 Å². The van der Waals surface area contributed by atoms with Crippen molar-refractivity contribution in [1.29, 1.82) is 0 Å². The van der Waals surface area contributed by atoms with Crippen molar-refractivity contribution in [3.05, 3.63) is 29.3 Å². The molecule has 0 bridgehead atoms. The molecule has 0 saturated heterocycles. The molecule has 1 atom stereocenters. The number of carboxylic acids is 1. The molecule has 96 valence electrons. The van der Waals surface area contributed by atoms with E-state index in [0.717, 1.165) is 17.7 Å². The highest BCUT2D eigenvalue weighted by molar-refractivity contribution is 5.84. The first kappa shape index (κ1) is 12.4. The quantitative estimate of drug-likeness (QED) is 0.842. The molecule has 0 fully saturated rings. The molecule has 1 amide bonds. The van der Waals surface area contributed by atoms with Crippen LogP contribution in [0.25, 0.3) is 0 Å². The number of aliphatic carboxylic acids is 1. The van der Waals surface area contributed by atoms with Gasteiger partial charge < -0.3 is 15.2 Å². The summed E-state index contributed by atoms with van der Waals surface area (Å²) < 4.78 is 5.36. The summed E-state index contributed by atoms with van der Waals surface area (Å²) in [6.07, 6.45) is 1.04. The molecule has 1 aromatic rings. The van der Waals surface area contributed by atoms with Crippen molar-refractivity contribution < 1.29 is 19.4 Å². The van der Waals surface area contributed by atoms with Crippen molar-refractivity contribution in [2.75, 3.05) is 6.61 Å². The van der Waals surface area contributed by atoms with Crippen LogP contribution in [0.3, 0.4) is 0 Å². The average molecular weight is 249 g/mol. The van der Waals surface area contributed by atoms with Gasteiger partial charge in [0.2, 0.25) is 5.91 Å². The van der Waals surface area contributed by atoms with E-state index in [1.807, 2.05) is 0 Å². The van der Waals surface area contributed by atoms with Gasteiger partial charge in [-0.2, -0.15) is 0 Å². The SMILES string of the molecule is CCC(=O)NC(C(=O)O)c1ccc2c(c1)CCO2. The predicted octanol–water partition coefficient (Wildman–Crippen LogP) is 1.27. The maximum Gasteiger partial charge on any atom is 0.330 e. The fourth-order valence-electron chi connectivity index (χ4n) is 1.94. The van der Waals surface area contributed by atoms with Gasteiger partial charge in [0.25, 0.3) is 0 Å². The molecule has 1 aliphatic rings. The largest absolute Gasteiger partial charge is 0.493 e. The zero-order valence-corrected chi connectivity index (χ0v) is 10.1. The third kappa shape index (κ3) is 2.45. The van der Waals surface area contributed by atoms with Gasteiger partial charge in [0.15, 0.2) is 6.04 Å². The molecule has 1 heterocycles. The van der Waals surface area contributed by atoms with E-state index in [1.54, 1.807) is 25.1 Å². The lowest BCUT2D eigenvalue weighted by molar-refractivity contribution is -0.142. The topological polar surface area (TPSA) is 75.6 Å². The van der Waals surface area contributed by atoms with E-state index in [1.165, 1.54) is 0 Å². The van der Waals surface area contributed by atoms with Crippen molar-refractivity contribution in [1.82, 2.24) is 5.32 Å². The summed E-state index contributed by atoms with van der Waals surface area (Å²) in [6, 6.07) is 4.23. The molecule has 0 aromatic heterocycles. The van der Waals surface area contributed by atoms with Crippen LogP contribution >= 0.6 is 0 Å². The van der Waals surface area contributed by atoms with Crippen LogP contribution in [0.5, 0.6) is 5.75 Å². The molecule has 0 spiro atoms. The monoisotopic (exact) mass is 249 g/mol. The fourth-order valence-corrected chi connectivity index (χ4v) is 1.94. The van der Waals surface area contributed by atoms with Crippen LogP contribution < -0.4 is 10.1 Å². The van der Waals surface area contributed by atoms with Crippen LogP contribution in [0.1, 0.15) is 30.5 Å². The zero-order valence-electron chi connectivity index (χ0n) is 10.1. The van der Waals surface area contributed by atoms with E-state index in [0.29, 0.717) is 12.2 Å². The van der Waals surface area contributed by atoms with Crippen LogP contribution in [0.4, 0.5) is 0 Å². The Hall–Kier alpha value is -2.04. The first-order chi connectivity index (χ1) is 8.61. The number of rotatable bonds is 4. The highest BCUT2D eigenvalue weighted by atomic mass is 16.5. The molecule has 18 heavy (non-hydrogen) atoms. The number of carbonyl (C=O) groups is 2. The third-order valence-corrected chi connectivity index (χ3v) is 2.92. The van der Waals surface area contributed by atoms with Gasteiger partial charge in [-0.05, 0) is 23.3 Å². The van der Waals surface area contributed by atoms with E-state index in [9.17, 15) is 14.7 Å². The van der Waals surface area contributed by atoms with Gasteiger partial charge in [0.1, 0.15) is 5.75 Å². The Morgan fingerprint density at radius 3 is 2.94 bits per heavy atom. The van der Waals surface area contributed by atoms with Crippen molar-refractivity contribution in [3.63, 3.8) is 0 Å². The lowest BCUT2D eigenvalue weighted by Gasteiger charge is -2.15. The van der Waals surface area contributed by atoms with Crippen LogP contribution in [-0.2, 0) is 16.0 Å². The number of hydrogen-bond acceptors (Lipinski definition) is 3. The lowest BCUT2D eigenvalue weighted by Crippen LogP contribution is -2.33. The highest BCUT2D eigenvalue weighted by Gasteiger charge is 2.23. The minimum atomic E-state index is -1.06. The maximum absolute atomic E-state index is 11.3. The van der Waals surface area contributed by atoms with E-state index in [2.05, 4.69) is 5.32 Å². The Bertz CT molecular complexity index is 484. The number of fused-ring (bicyclic) bond motifs is 1. The molecule has 1 aliphatic heterocycles. The first-order valence-corrected chi connectivity index (χ1v) is 5.89. The Labute approximate surface area is 105 Å². The maximum atomic E-state index is 11.3. The summed E-state index contributed by atoms with van der Waals surface area (Å²) in [5.74, 6) is -0.542. The summed E-state index contributed by atoms with van der Waals surface area (Å²) in [5.41, 5.74) is 1.57. The molecule has 2 N–H and O–H groups in total. The highest BCUT2D eigenvalue weighted by Crippen LogP contribution is 2.28. The fraction of sp³-hybridized carbons (Fsp3) is 0.385. The second kappa shape index (κ2) is 5.08. The van der Waals surface area contributed by atoms with E-state index < -0.39 is 12.0 Å². The Kier molecular flexibility index (Phi) is 3.50. The first-order valence-electron chi connectivity index (χ1n) is 5.89. The van der Waals surface area contributed by atoms with Crippen molar-refractivity contribution >= 4 is 11.9 Å². The smallest absolute Gasteiger partial charge is 0.330 e. The Morgan fingerprint density at radius 2 is 2.28 bits per heavy atom. The van der Waals surface area contributed by atoms with Gasteiger partial charge in [0, 0.05) is 12.8 Å². The predicted molar refractivity (Wildman–Crippen MR) is 64.5 cm³/mol. The molecule has 0 aliphatic carbocycles. The number of ether oxygens (including phenoxy) is 1. The number of nitrogens with one attached hydrogen (secondary N) is 1. The molecule has 1 aromatic carbocycles. The molecular weight excluding hydrogens is 234 g/mol. The number of hydrogen-bond donors (Lipinski definition) is 2. The van der Waals surface area contributed by atoms with Crippen molar-refractivity contribution in [2.45, 2.75) is 25.8 Å². The average Bonchev–Trinajstić information content (AvgIpc) is 2.82. The summed E-state index contributed by atoms with van der Waals surface area (Å²) in [7, 11) is 0. The normalized spacial score (nSPS) is 14.5. The Morgan fingerprint density at radius 1 is 1.50 bits per heavy atom. The second-order valence-electron chi connectivity index (χ2n) is 4.16. The van der Waals surface area contributed by atoms with Gasteiger partial charge in [-0.1, -0.05) is 13.0 Å². The Balaban J connectivity index is 2.25. The van der Waals surface area contributed by atoms with Crippen LogP contribution in [0.2, 0.25) is 0 Å². The molecule has 5 nitrogen and oxygen atoms in total. The number of amides is 1.